The monoisotopic (exact) mass is 338 g/mol. The van der Waals surface area contributed by atoms with E-state index in [2.05, 4.69) is 22.3 Å². The van der Waals surface area contributed by atoms with Crippen molar-refractivity contribution in [3.63, 3.8) is 0 Å². The number of ether oxygens (including phenoxy) is 2. The largest absolute Gasteiger partial charge is 1.00 e. The molecule has 1 aromatic carbocycles. The summed E-state index contributed by atoms with van der Waals surface area (Å²) in [4.78, 5) is 5.38. The Bertz CT molecular complexity index is 689. The maximum Gasteiger partial charge on any atom is 0.348 e. The van der Waals surface area contributed by atoms with Gasteiger partial charge in [0, 0.05) is 0 Å². The van der Waals surface area contributed by atoms with Crippen LogP contribution in [-0.2, 0) is 11.4 Å². The lowest BCUT2D eigenvalue weighted by atomic mass is 10.1. The van der Waals surface area contributed by atoms with Crippen molar-refractivity contribution < 1.29 is 31.3 Å². The van der Waals surface area contributed by atoms with Gasteiger partial charge in [0.05, 0.1) is 25.4 Å². The summed E-state index contributed by atoms with van der Waals surface area (Å²) in [7, 11) is 0. The second kappa shape index (κ2) is 6.27. The van der Waals surface area contributed by atoms with Crippen LogP contribution in [-0.4, -0.2) is 36.5 Å². The zero-order chi connectivity index (χ0) is 15.1. The summed E-state index contributed by atoms with van der Waals surface area (Å²) >= 11 is 0. The Labute approximate surface area is 140 Å². The van der Waals surface area contributed by atoms with Gasteiger partial charge < -0.3 is 21.9 Å². The van der Waals surface area contributed by atoms with Crippen molar-refractivity contribution >= 4 is 5.96 Å². The number of guanidine groups is 1. The molecule has 23 heavy (non-hydrogen) atoms. The number of hydrogen-bond donors (Lipinski definition) is 3. The second-order valence-corrected chi connectivity index (χ2v) is 5.73. The van der Waals surface area contributed by atoms with Crippen molar-refractivity contribution in [2.45, 2.75) is 19.5 Å². The molecule has 0 aromatic heterocycles. The van der Waals surface area contributed by atoms with Crippen LogP contribution in [0.25, 0.3) is 0 Å². The Morgan fingerprint density at radius 1 is 1.30 bits per heavy atom. The molecule has 4 rings (SSSR count). The highest BCUT2D eigenvalue weighted by Crippen LogP contribution is 2.32. The summed E-state index contributed by atoms with van der Waals surface area (Å²) in [6, 6.07) is 6.07. The third-order valence-electron chi connectivity index (χ3n) is 4.14. The Hall–Kier alpha value is -1.96. The van der Waals surface area contributed by atoms with Crippen LogP contribution in [0.4, 0.5) is 0 Å². The molecule has 124 valence electrons. The molecule has 1 atom stereocenters. The average Bonchev–Trinajstić information content (AvgIpc) is 2.97. The fourth-order valence-electron chi connectivity index (χ4n) is 2.95. The van der Waals surface area contributed by atoms with Crippen molar-refractivity contribution in [3.8, 4) is 11.5 Å². The van der Waals surface area contributed by atoms with E-state index >= 15 is 0 Å². The first-order valence-corrected chi connectivity index (χ1v) is 7.30. The summed E-state index contributed by atoms with van der Waals surface area (Å²) in [6.45, 7) is 4.36. The van der Waals surface area contributed by atoms with Crippen LogP contribution < -0.4 is 38.4 Å². The first kappa shape index (κ1) is 15.9. The minimum absolute atomic E-state index is 0. The van der Waals surface area contributed by atoms with Gasteiger partial charge in [-0.1, -0.05) is 6.07 Å². The third kappa shape index (κ3) is 2.95. The van der Waals surface area contributed by atoms with Gasteiger partial charge in [0.1, 0.15) is 6.04 Å². The van der Waals surface area contributed by atoms with Gasteiger partial charge in [-0.3, -0.25) is 15.1 Å². The molecule has 0 spiro atoms. The average molecular weight is 339 g/mol. The standard InChI is InChI=1S/C15H18N4O3.ClH/c1-9-7-22-18-11-6-19(15(16)17-14(9)11)5-10-2-3-12-13(4-10)21-8-20-12;/h2-4,11,18H,5-8H2,1H3,(H2,16,17);1H. The van der Waals surface area contributed by atoms with Crippen molar-refractivity contribution in [1.29, 1.82) is 0 Å². The van der Waals surface area contributed by atoms with E-state index in [0.717, 1.165) is 29.3 Å². The number of halogens is 1. The molecule has 1 aromatic rings. The van der Waals surface area contributed by atoms with E-state index in [9.17, 15) is 0 Å². The number of nitrogens with one attached hydrogen (secondary N) is 2. The molecule has 0 radical (unpaired) electrons. The van der Waals surface area contributed by atoms with E-state index in [1.165, 1.54) is 5.57 Å². The van der Waals surface area contributed by atoms with E-state index in [1.807, 2.05) is 18.2 Å². The molecule has 0 saturated carbocycles. The third-order valence-corrected chi connectivity index (χ3v) is 4.14. The van der Waals surface area contributed by atoms with Crippen LogP contribution in [0.15, 0.2) is 29.5 Å². The first-order chi connectivity index (χ1) is 10.7. The van der Waals surface area contributed by atoms with Crippen LogP contribution >= 0.6 is 0 Å². The van der Waals surface area contributed by atoms with Crippen molar-refractivity contribution in [2.24, 2.45) is 5.73 Å². The predicted molar refractivity (Wildman–Crippen MR) is 79.3 cm³/mol. The molecular formula is C15H19ClN4O3. The molecule has 0 aliphatic carbocycles. The Balaban J connectivity index is 0.00000156. The van der Waals surface area contributed by atoms with Gasteiger partial charge in [0.25, 0.3) is 0 Å². The smallest absolute Gasteiger partial charge is 0.348 e. The highest BCUT2D eigenvalue weighted by molar-refractivity contribution is 5.76. The van der Waals surface area contributed by atoms with Gasteiger partial charge in [0.15, 0.2) is 11.5 Å². The molecule has 0 fully saturated rings. The van der Waals surface area contributed by atoms with Crippen LogP contribution in [0, 0.1) is 0 Å². The number of fused-ring (bicyclic) bond motifs is 2. The lowest BCUT2D eigenvalue weighted by molar-refractivity contribution is -0.553. The van der Waals surface area contributed by atoms with E-state index in [4.69, 9.17) is 20.0 Å². The Kier molecular flexibility index (Phi) is 4.34. The van der Waals surface area contributed by atoms with Gasteiger partial charge in [-0.25, -0.2) is 5.32 Å². The summed E-state index contributed by atoms with van der Waals surface area (Å²) < 4.78 is 12.8. The second-order valence-electron chi connectivity index (χ2n) is 5.73. The number of nitrogens with zero attached hydrogens (tertiary/aromatic N) is 1. The molecule has 0 bridgehead atoms. The van der Waals surface area contributed by atoms with Crippen LogP contribution in [0.3, 0.4) is 0 Å². The van der Waals surface area contributed by atoms with Gasteiger partial charge in [0.2, 0.25) is 6.79 Å². The summed E-state index contributed by atoms with van der Waals surface area (Å²) in [5.41, 5.74) is 12.6. The summed E-state index contributed by atoms with van der Waals surface area (Å²) in [6.07, 6.45) is 0. The molecule has 3 heterocycles. The SMILES string of the molecule is CC1=C2NC(N)=[N+](Cc3ccc4c(c3)OCO4)CC2NOC1.[Cl-]. The lowest BCUT2D eigenvalue weighted by Gasteiger charge is -2.31. The minimum atomic E-state index is 0. The molecule has 3 aliphatic heterocycles. The van der Waals surface area contributed by atoms with Crippen LogP contribution in [0.1, 0.15) is 12.5 Å². The van der Waals surface area contributed by atoms with Gasteiger partial charge in [-0.05, 0) is 30.2 Å². The summed E-state index contributed by atoms with van der Waals surface area (Å²) in [5, 5.41) is 3.29. The fourth-order valence-corrected chi connectivity index (χ4v) is 2.95. The predicted octanol–water partition coefficient (Wildman–Crippen LogP) is -2.97. The molecule has 3 aliphatic rings. The molecular weight excluding hydrogens is 320 g/mol. The number of hydrogen-bond acceptors (Lipinski definition) is 6. The first-order valence-electron chi connectivity index (χ1n) is 7.30. The quantitative estimate of drug-likeness (QED) is 0.500. The molecule has 0 saturated heterocycles. The number of nitrogens with two attached hydrogens (primary N) is 1. The van der Waals surface area contributed by atoms with Crippen LogP contribution in [0.5, 0.6) is 11.5 Å². The van der Waals surface area contributed by atoms with Gasteiger partial charge in [-0.2, -0.15) is 5.48 Å². The number of benzene rings is 1. The number of rotatable bonds is 2. The van der Waals surface area contributed by atoms with Crippen molar-refractivity contribution in [1.82, 2.24) is 10.8 Å². The molecule has 0 amide bonds. The normalized spacial score (nSPS) is 22.4. The minimum Gasteiger partial charge on any atom is -1.00 e. The Morgan fingerprint density at radius 2 is 2.13 bits per heavy atom. The van der Waals surface area contributed by atoms with Gasteiger partial charge in [-0.15, -0.1) is 0 Å². The van der Waals surface area contributed by atoms with E-state index in [0.29, 0.717) is 19.1 Å². The highest BCUT2D eigenvalue weighted by atomic mass is 35.5. The van der Waals surface area contributed by atoms with E-state index in [-0.39, 0.29) is 25.2 Å². The molecule has 4 N–H and O–H groups in total. The zero-order valence-corrected chi connectivity index (χ0v) is 13.5. The van der Waals surface area contributed by atoms with Gasteiger partial charge >= 0.3 is 5.96 Å². The topological polar surface area (TPSA) is 80.8 Å². The van der Waals surface area contributed by atoms with Crippen LogP contribution in [0.2, 0.25) is 0 Å². The number of hydroxylamine groups is 1. The molecule has 8 heteroatoms. The van der Waals surface area contributed by atoms with Crippen molar-refractivity contribution in [2.75, 3.05) is 19.9 Å². The Morgan fingerprint density at radius 3 is 3.00 bits per heavy atom. The highest BCUT2D eigenvalue weighted by Gasteiger charge is 2.32. The van der Waals surface area contributed by atoms with E-state index in [1.54, 1.807) is 0 Å². The molecule has 1 unspecified atom stereocenters. The fraction of sp³-hybridized carbons (Fsp3) is 0.400. The zero-order valence-electron chi connectivity index (χ0n) is 12.8. The molecule has 7 nitrogen and oxygen atoms in total. The maximum atomic E-state index is 6.18. The lowest BCUT2D eigenvalue weighted by Crippen LogP contribution is -3.00. The summed E-state index contributed by atoms with van der Waals surface area (Å²) in [5.74, 6) is 2.24. The van der Waals surface area contributed by atoms with Crippen molar-refractivity contribution in [3.05, 3.63) is 35.0 Å². The maximum absolute atomic E-state index is 6.18. The van der Waals surface area contributed by atoms with E-state index < -0.39 is 0 Å².